The molecule has 0 saturated carbocycles. The molecular weight excluding hydrogens is 214 g/mol. The molecule has 0 bridgehead atoms. The summed E-state index contributed by atoms with van der Waals surface area (Å²) in [7, 11) is 0. The molecule has 0 heterocycles. The van der Waals surface area contributed by atoms with Crippen molar-refractivity contribution in [1.29, 1.82) is 0 Å². The standard InChI is InChI=1S/C12H14F2O2/c1-3-4-8(2)16-12(15)9-5-6-10(13)11(14)7-9/h5-8H,3-4H2,1-2H3. The third kappa shape index (κ3) is 3.29. The van der Waals surface area contributed by atoms with Crippen LogP contribution in [0, 0.1) is 11.6 Å². The molecule has 0 aromatic heterocycles. The maximum atomic E-state index is 12.8. The summed E-state index contributed by atoms with van der Waals surface area (Å²) < 4.78 is 30.5. The first-order valence-corrected chi connectivity index (χ1v) is 5.20. The second-order valence-electron chi connectivity index (χ2n) is 3.63. The Morgan fingerprint density at radius 2 is 2.06 bits per heavy atom. The number of carbonyl (C=O) groups is 1. The minimum absolute atomic E-state index is 0.0295. The second kappa shape index (κ2) is 5.58. The van der Waals surface area contributed by atoms with Crippen LogP contribution in [0.15, 0.2) is 18.2 Å². The Bertz CT molecular complexity index is 377. The van der Waals surface area contributed by atoms with Gasteiger partial charge < -0.3 is 4.74 Å². The van der Waals surface area contributed by atoms with Gasteiger partial charge in [-0.1, -0.05) is 13.3 Å². The molecule has 0 saturated heterocycles. The smallest absolute Gasteiger partial charge is 0.338 e. The highest BCUT2D eigenvalue weighted by Gasteiger charge is 2.13. The Hall–Kier alpha value is -1.45. The van der Waals surface area contributed by atoms with Crippen LogP contribution in [0.4, 0.5) is 8.78 Å². The van der Waals surface area contributed by atoms with Crippen LogP contribution in [-0.2, 0) is 4.74 Å². The van der Waals surface area contributed by atoms with Gasteiger partial charge >= 0.3 is 5.97 Å². The Morgan fingerprint density at radius 3 is 2.62 bits per heavy atom. The van der Waals surface area contributed by atoms with Gasteiger partial charge in [0.05, 0.1) is 11.7 Å². The maximum Gasteiger partial charge on any atom is 0.338 e. The minimum Gasteiger partial charge on any atom is -0.459 e. The van der Waals surface area contributed by atoms with Crippen LogP contribution in [-0.4, -0.2) is 12.1 Å². The van der Waals surface area contributed by atoms with E-state index in [1.54, 1.807) is 6.92 Å². The van der Waals surface area contributed by atoms with Gasteiger partial charge in [0.1, 0.15) is 0 Å². The van der Waals surface area contributed by atoms with E-state index in [1.807, 2.05) is 6.92 Å². The summed E-state index contributed by atoms with van der Waals surface area (Å²) in [4.78, 5) is 11.5. The lowest BCUT2D eigenvalue weighted by molar-refractivity contribution is 0.0323. The van der Waals surface area contributed by atoms with E-state index in [4.69, 9.17) is 4.74 Å². The molecule has 88 valence electrons. The van der Waals surface area contributed by atoms with Crippen molar-refractivity contribution in [2.24, 2.45) is 0 Å². The van der Waals surface area contributed by atoms with E-state index in [0.717, 1.165) is 25.0 Å². The van der Waals surface area contributed by atoms with Gasteiger partial charge in [-0.3, -0.25) is 0 Å². The van der Waals surface area contributed by atoms with Gasteiger partial charge in [-0.2, -0.15) is 0 Å². The van der Waals surface area contributed by atoms with Gasteiger partial charge in [0.2, 0.25) is 0 Å². The summed E-state index contributed by atoms with van der Waals surface area (Å²) in [5.74, 6) is -2.64. The van der Waals surface area contributed by atoms with Crippen LogP contribution in [0.2, 0.25) is 0 Å². The fraction of sp³-hybridized carbons (Fsp3) is 0.417. The molecule has 0 aliphatic rings. The topological polar surface area (TPSA) is 26.3 Å². The average molecular weight is 228 g/mol. The van der Waals surface area contributed by atoms with E-state index in [2.05, 4.69) is 0 Å². The highest BCUT2D eigenvalue weighted by molar-refractivity contribution is 5.89. The molecule has 0 aliphatic heterocycles. The van der Waals surface area contributed by atoms with Gasteiger partial charge in [-0.05, 0) is 31.5 Å². The Balaban J connectivity index is 2.69. The average Bonchev–Trinajstić information content (AvgIpc) is 2.22. The predicted molar refractivity (Wildman–Crippen MR) is 56.1 cm³/mol. The molecule has 0 fully saturated rings. The van der Waals surface area contributed by atoms with E-state index in [0.29, 0.717) is 0 Å². The molecular formula is C12H14F2O2. The summed E-state index contributed by atoms with van der Waals surface area (Å²) in [5, 5.41) is 0. The molecule has 0 radical (unpaired) electrons. The van der Waals surface area contributed by atoms with Crippen molar-refractivity contribution in [3.63, 3.8) is 0 Å². The van der Waals surface area contributed by atoms with Crippen molar-refractivity contribution in [3.05, 3.63) is 35.4 Å². The van der Waals surface area contributed by atoms with Gasteiger partial charge in [-0.15, -0.1) is 0 Å². The zero-order chi connectivity index (χ0) is 12.1. The molecule has 1 aromatic rings. The Morgan fingerprint density at radius 1 is 1.38 bits per heavy atom. The van der Waals surface area contributed by atoms with Crippen LogP contribution in [0.3, 0.4) is 0 Å². The highest BCUT2D eigenvalue weighted by atomic mass is 19.2. The van der Waals surface area contributed by atoms with Crippen LogP contribution in [0.5, 0.6) is 0 Å². The maximum absolute atomic E-state index is 12.8. The van der Waals surface area contributed by atoms with Gasteiger partial charge in [0, 0.05) is 0 Å². The molecule has 1 aromatic carbocycles. The summed E-state index contributed by atoms with van der Waals surface area (Å²) in [6.07, 6.45) is 1.42. The number of halogens is 2. The molecule has 1 unspecified atom stereocenters. The van der Waals surface area contributed by atoms with E-state index in [9.17, 15) is 13.6 Å². The van der Waals surface area contributed by atoms with Crippen molar-refractivity contribution in [1.82, 2.24) is 0 Å². The molecule has 0 N–H and O–H groups in total. The summed E-state index contributed by atoms with van der Waals surface area (Å²) in [5.41, 5.74) is 0.0295. The lowest BCUT2D eigenvalue weighted by Gasteiger charge is -2.11. The quantitative estimate of drug-likeness (QED) is 0.739. The monoisotopic (exact) mass is 228 g/mol. The summed E-state index contributed by atoms with van der Waals surface area (Å²) >= 11 is 0. The Labute approximate surface area is 93.2 Å². The zero-order valence-electron chi connectivity index (χ0n) is 9.30. The first-order valence-electron chi connectivity index (χ1n) is 5.20. The first kappa shape index (κ1) is 12.6. The van der Waals surface area contributed by atoms with Gasteiger partial charge in [-0.25, -0.2) is 13.6 Å². The van der Waals surface area contributed by atoms with Crippen LogP contribution in [0.1, 0.15) is 37.0 Å². The molecule has 4 heteroatoms. The Kier molecular flexibility index (Phi) is 4.40. The van der Waals surface area contributed by atoms with Crippen LogP contribution >= 0.6 is 0 Å². The SMILES string of the molecule is CCCC(C)OC(=O)c1ccc(F)c(F)c1. The van der Waals surface area contributed by atoms with Crippen molar-refractivity contribution in [2.75, 3.05) is 0 Å². The summed E-state index contributed by atoms with van der Waals surface area (Å²) in [6, 6.07) is 2.96. The number of rotatable bonds is 4. The number of benzene rings is 1. The molecule has 0 aliphatic carbocycles. The minimum atomic E-state index is -1.04. The van der Waals surface area contributed by atoms with Crippen LogP contribution < -0.4 is 0 Å². The number of hydrogen-bond acceptors (Lipinski definition) is 2. The molecule has 16 heavy (non-hydrogen) atoms. The lowest BCUT2D eigenvalue weighted by Crippen LogP contribution is -2.15. The second-order valence-corrected chi connectivity index (χ2v) is 3.63. The van der Waals surface area contributed by atoms with E-state index >= 15 is 0 Å². The van der Waals surface area contributed by atoms with E-state index in [-0.39, 0.29) is 11.7 Å². The van der Waals surface area contributed by atoms with Crippen molar-refractivity contribution < 1.29 is 18.3 Å². The number of carbonyl (C=O) groups excluding carboxylic acids is 1. The lowest BCUT2D eigenvalue weighted by atomic mass is 10.2. The largest absolute Gasteiger partial charge is 0.459 e. The van der Waals surface area contributed by atoms with Gasteiger partial charge in [0.15, 0.2) is 11.6 Å². The molecule has 2 nitrogen and oxygen atoms in total. The predicted octanol–water partition coefficient (Wildman–Crippen LogP) is 3.31. The number of ether oxygens (including phenoxy) is 1. The van der Waals surface area contributed by atoms with Gasteiger partial charge in [0.25, 0.3) is 0 Å². The highest BCUT2D eigenvalue weighted by Crippen LogP contribution is 2.11. The van der Waals surface area contributed by atoms with Crippen molar-refractivity contribution in [2.45, 2.75) is 32.8 Å². The number of esters is 1. The van der Waals surface area contributed by atoms with E-state index in [1.165, 1.54) is 6.07 Å². The van der Waals surface area contributed by atoms with Crippen molar-refractivity contribution >= 4 is 5.97 Å². The van der Waals surface area contributed by atoms with E-state index < -0.39 is 17.6 Å². The third-order valence-electron chi connectivity index (χ3n) is 2.16. The molecule has 0 spiro atoms. The molecule has 0 amide bonds. The zero-order valence-corrected chi connectivity index (χ0v) is 9.30. The van der Waals surface area contributed by atoms with Crippen molar-refractivity contribution in [3.8, 4) is 0 Å². The summed E-state index contributed by atoms with van der Waals surface area (Å²) in [6.45, 7) is 3.74. The molecule has 1 atom stereocenters. The fourth-order valence-corrected chi connectivity index (χ4v) is 1.34. The molecule has 1 rings (SSSR count). The normalized spacial score (nSPS) is 12.2. The fourth-order valence-electron chi connectivity index (χ4n) is 1.34. The third-order valence-corrected chi connectivity index (χ3v) is 2.16. The number of hydrogen-bond donors (Lipinski definition) is 0. The first-order chi connectivity index (χ1) is 7.54. The van der Waals surface area contributed by atoms with Crippen LogP contribution in [0.25, 0.3) is 0 Å².